The number of carbonyl (C=O) groups excluding carboxylic acids is 2. The van der Waals surface area contributed by atoms with Crippen molar-refractivity contribution in [3.8, 4) is 0 Å². The SMILES string of the molecule is Cc1cccc2c(=O)n(CC(=O)NCCNC(=O)Cc3ccccc3)cnc12. The van der Waals surface area contributed by atoms with Gasteiger partial charge in [-0.3, -0.25) is 19.0 Å². The normalized spacial score (nSPS) is 10.6. The Balaban J connectivity index is 1.47. The number of fused-ring (bicyclic) bond motifs is 1. The molecule has 0 saturated carbocycles. The Labute approximate surface area is 162 Å². The topological polar surface area (TPSA) is 93.1 Å². The van der Waals surface area contributed by atoms with E-state index in [1.54, 1.807) is 12.1 Å². The van der Waals surface area contributed by atoms with E-state index < -0.39 is 0 Å². The minimum atomic E-state index is -0.312. The molecule has 0 aliphatic heterocycles. The molecule has 0 atom stereocenters. The molecule has 0 radical (unpaired) electrons. The van der Waals surface area contributed by atoms with E-state index >= 15 is 0 Å². The van der Waals surface area contributed by atoms with Gasteiger partial charge in [-0.25, -0.2) is 4.98 Å². The molecule has 3 rings (SSSR count). The molecule has 7 heteroatoms. The maximum atomic E-state index is 12.5. The molecule has 1 aromatic heterocycles. The predicted molar refractivity (Wildman–Crippen MR) is 107 cm³/mol. The van der Waals surface area contributed by atoms with Crippen LogP contribution in [-0.4, -0.2) is 34.5 Å². The number of hydrogen-bond acceptors (Lipinski definition) is 4. The van der Waals surface area contributed by atoms with Gasteiger partial charge in [0, 0.05) is 13.1 Å². The summed E-state index contributed by atoms with van der Waals surface area (Å²) in [4.78, 5) is 40.7. The lowest BCUT2D eigenvalue weighted by Crippen LogP contribution is -2.38. The Bertz CT molecular complexity index is 1040. The van der Waals surface area contributed by atoms with Crippen molar-refractivity contribution >= 4 is 22.7 Å². The van der Waals surface area contributed by atoms with Crippen LogP contribution in [0.1, 0.15) is 11.1 Å². The van der Waals surface area contributed by atoms with Crippen molar-refractivity contribution in [2.75, 3.05) is 13.1 Å². The van der Waals surface area contributed by atoms with Gasteiger partial charge in [-0.15, -0.1) is 0 Å². The number of nitrogens with zero attached hydrogens (tertiary/aromatic N) is 2. The Morgan fingerprint density at radius 2 is 1.68 bits per heavy atom. The second-order valence-corrected chi connectivity index (χ2v) is 6.51. The van der Waals surface area contributed by atoms with Crippen LogP contribution in [0, 0.1) is 6.92 Å². The molecule has 2 aromatic carbocycles. The quantitative estimate of drug-likeness (QED) is 0.604. The summed E-state index contributed by atoms with van der Waals surface area (Å²) in [5.74, 6) is -0.418. The zero-order valence-corrected chi connectivity index (χ0v) is 15.6. The second kappa shape index (κ2) is 8.94. The van der Waals surface area contributed by atoms with Crippen LogP contribution in [-0.2, 0) is 22.6 Å². The summed E-state index contributed by atoms with van der Waals surface area (Å²) >= 11 is 0. The number of aryl methyl sites for hydroxylation is 1. The third-order valence-corrected chi connectivity index (χ3v) is 4.35. The fraction of sp³-hybridized carbons (Fsp3) is 0.238. The molecule has 0 aliphatic rings. The van der Waals surface area contributed by atoms with E-state index in [9.17, 15) is 14.4 Å². The summed E-state index contributed by atoms with van der Waals surface area (Å²) in [5.41, 5.74) is 2.24. The van der Waals surface area contributed by atoms with Crippen LogP contribution < -0.4 is 16.2 Å². The van der Waals surface area contributed by atoms with Gasteiger partial charge in [0.15, 0.2) is 0 Å². The van der Waals surface area contributed by atoms with E-state index in [4.69, 9.17) is 0 Å². The first-order valence-electron chi connectivity index (χ1n) is 9.06. The predicted octanol–water partition coefficient (Wildman–Crippen LogP) is 1.18. The number of benzene rings is 2. The first-order valence-corrected chi connectivity index (χ1v) is 9.06. The monoisotopic (exact) mass is 378 g/mol. The number of amides is 2. The number of para-hydroxylation sites is 1. The molecule has 0 saturated heterocycles. The van der Waals surface area contributed by atoms with Crippen molar-refractivity contribution in [2.45, 2.75) is 19.9 Å². The zero-order valence-electron chi connectivity index (χ0n) is 15.6. The Morgan fingerprint density at radius 1 is 0.964 bits per heavy atom. The smallest absolute Gasteiger partial charge is 0.261 e. The van der Waals surface area contributed by atoms with Crippen molar-refractivity contribution in [1.29, 1.82) is 0 Å². The van der Waals surface area contributed by atoms with Gasteiger partial charge in [-0.2, -0.15) is 0 Å². The zero-order chi connectivity index (χ0) is 19.9. The van der Waals surface area contributed by atoms with E-state index in [-0.39, 0.29) is 30.5 Å². The van der Waals surface area contributed by atoms with Crippen LogP contribution in [0.4, 0.5) is 0 Å². The lowest BCUT2D eigenvalue weighted by atomic mass is 10.1. The largest absolute Gasteiger partial charge is 0.354 e. The van der Waals surface area contributed by atoms with Gasteiger partial charge in [0.05, 0.1) is 23.7 Å². The molecule has 1 heterocycles. The summed E-state index contributed by atoms with van der Waals surface area (Å²) in [5, 5.41) is 5.94. The summed E-state index contributed by atoms with van der Waals surface area (Å²) in [7, 11) is 0. The highest BCUT2D eigenvalue weighted by molar-refractivity contribution is 5.81. The molecule has 7 nitrogen and oxygen atoms in total. The maximum absolute atomic E-state index is 12.5. The van der Waals surface area contributed by atoms with Crippen molar-refractivity contribution in [3.63, 3.8) is 0 Å². The number of rotatable bonds is 7. The molecular formula is C21H22N4O3. The average molecular weight is 378 g/mol. The Morgan fingerprint density at radius 3 is 2.43 bits per heavy atom. The molecule has 144 valence electrons. The van der Waals surface area contributed by atoms with Crippen LogP contribution in [0.3, 0.4) is 0 Å². The van der Waals surface area contributed by atoms with Gasteiger partial charge in [0.2, 0.25) is 11.8 Å². The number of hydrogen-bond donors (Lipinski definition) is 2. The summed E-state index contributed by atoms with van der Waals surface area (Å²) in [6, 6.07) is 14.8. The molecule has 0 spiro atoms. The Kier molecular flexibility index (Phi) is 6.16. The third kappa shape index (κ3) is 4.82. The second-order valence-electron chi connectivity index (χ2n) is 6.51. The molecular weight excluding hydrogens is 356 g/mol. The van der Waals surface area contributed by atoms with Crippen LogP contribution in [0.5, 0.6) is 0 Å². The van der Waals surface area contributed by atoms with E-state index in [0.717, 1.165) is 11.1 Å². The molecule has 0 bridgehead atoms. The average Bonchev–Trinajstić information content (AvgIpc) is 2.69. The van der Waals surface area contributed by atoms with Crippen molar-refractivity contribution in [2.24, 2.45) is 0 Å². The van der Waals surface area contributed by atoms with E-state index in [0.29, 0.717) is 23.9 Å². The van der Waals surface area contributed by atoms with Gasteiger partial charge < -0.3 is 10.6 Å². The maximum Gasteiger partial charge on any atom is 0.261 e. The molecule has 0 unspecified atom stereocenters. The molecule has 0 aliphatic carbocycles. The van der Waals surface area contributed by atoms with Crippen molar-refractivity contribution in [3.05, 3.63) is 76.3 Å². The minimum Gasteiger partial charge on any atom is -0.354 e. The highest BCUT2D eigenvalue weighted by Crippen LogP contribution is 2.11. The van der Waals surface area contributed by atoms with Crippen LogP contribution >= 0.6 is 0 Å². The van der Waals surface area contributed by atoms with Crippen molar-refractivity contribution in [1.82, 2.24) is 20.2 Å². The Hall–Kier alpha value is -3.48. The van der Waals surface area contributed by atoms with Gasteiger partial charge >= 0.3 is 0 Å². The standard InChI is InChI=1S/C21H22N4O3/c1-15-6-5-9-17-20(15)24-14-25(21(17)28)13-19(27)23-11-10-22-18(26)12-16-7-3-2-4-8-16/h2-9,14H,10-13H2,1H3,(H,22,26)(H,23,27). The summed E-state index contributed by atoms with van der Waals surface area (Å²) < 4.78 is 1.28. The molecule has 0 fully saturated rings. The lowest BCUT2D eigenvalue weighted by molar-refractivity contribution is -0.123. The van der Waals surface area contributed by atoms with Crippen LogP contribution in [0.2, 0.25) is 0 Å². The van der Waals surface area contributed by atoms with Gasteiger partial charge in [0.1, 0.15) is 6.54 Å². The number of nitrogens with one attached hydrogen (secondary N) is 2. The molecule has 2 N–H and O–H groups in total. The molecule has 28 heavy (non-hydrogen) atoms. The minimum absolute atomic E-state index is 0.106. The first kappa shape index (κ1) is 19.3. The number of carbonyl (C=O) groups is 2. The van der Waals surface area contributed by atoms with E-state index in [1.807, 2.05) is 43.3 Å². The summed E-state index contributed by atoms with van der Waals surface area (Å²) in [6.07, 6.45) is 1.69. The lowest BCUT2D eigenvalue weighted by Gasteiger charge is -2.09. The van der Waals surface area contributed by atoms with Gasteiger partial charge in [0.25, 0.3) is 5.56 Å². The molecule has 2 amide bonds. The highest BCUT2D eigenvalue weighted by atomic mass is 16.2. The fourth-order valence-corrected chi connectivity index (χ4v) is 2.91. The third-order valence-electron chi connectivity index (χ3n) is 4.35. The van der Waals surface area contributed by atoms with E-state index in [2.05, 4.69) is 15.6 Å². The van der Waals surface area contributed by atoms with E-state index in [1.165, 1.54) is 10.9 Å². The fourth-order valence-electron chi connectivity index (χ4n) is 2.91. The van der Waals surface area contributed by atoms with Gasteiger partial charge in [-0.1, -0.05) is 42.5 Å². The van der Waals surface area contributed by atoms with Crippen molar-refractivity contribution < 1.29 is 9.59 Å². The summed E-state index contributed by atoms with van der Waals surface area (Å²) in [6.45, 7) is 2.38. The van der Waals surface area contributed by atoms with Crippen LogP contribution in [0.25, 0.3) is 10.9 Å². The highest BCUT2D eigenvalue weighted by Gasteiger charge is 2.09. The van der Waals surface area contributed by atoms with Crippen LogP contribution in [0.15, 0.2) is 59.7 Å². The number of aromatic nitrogens is 2. The molecule has 3 aromatic rings. The van der Waals surface area contributed by atoms with Gasteiger partial charge in [-0.05, 0) is 24.1 Å². The first-order chi connectivity index (χ1) is 13.5.